The third-order valence-electron chi connectivity index (χ3n) is 12.5. The van der Waals surface area contributed by atoms with Gasteiger partial charge < -0.3 is 24.7 Å². The minimum Gasteiger partial charge on any atom is -0.455 e. The van der Waals surface area contributed by atoms with Gasteiger partial charge in [0.15, 0.2) is 15.6 Å². The van der Waals surface area contributed by atoms with Gasteiger partial charge in [-0.15, -0.1) is 0 Å². The molecule has 0 spiro atoms. The van der Waals surface area contributed by atoms with Crippen LogP contribution in [-0.2, 0) is 20.8 Å². The van der Waals surface area contributed by atoms with Crippen LogP contribution in [0.1, 0.15) is 73.0 Å². The van der Waals surface area contributed by atoms with Crippen LogP contribution in [-0.4, -0.2) is 91.7 Å². The highest BCUT2D eigenvalue weighted by atomic mass is 32.2. The van der Waals surface area contributed by atoms with Gasteiger partial charge in [0.05, 0.1) is 27.1 Å². The number of sulfone groups is 1. The number of nitrogens with zero attached hydrogens (tertiary/aromatic N) is 4. The number of benzene rings is 3. The van der Waals surface area contributed by atoms with E-state index >= 15 is 0 Å². The number of nitrogens with one attached hydrogen (secondary N) is 2. The van der Waals surface area contributed by atoms with Crippen molar-refractivity contribution in [3.05, 3.63) is 117 Å². The van der Waals surface area contributed by atoms with E-state index in [0.717, 1.165) is 47.5 Å². The molecule has 2 aliphatic heterocycles. The Hall–Kier alpha value is -5.78. The van der Waals surface area contributed by atoms with Crippen molar-refractivity contribution in [2.45, 2.75) is 70.0 Å². The van der Waals surface area contributed by atoms with Crippen molar-refractivity contribution in [2.24, 2.45) is 5.41 Å². The maximum atomic E-state index is 14.0. The number of Topliss-reactive ketones (excluding diaryl/α,β-unsaturated/α-hetero) is 1. The number of H-pyrrole nitrogens is 1. The van der Waals surface area contributed by atoms with Crippen LogP contribution < -0.4 is 15.0 Å². The number of pyridine rings is 1. The molecule has 0 unspecified atom stereocenters. The van der Waals surface area contributed by atoms with E-state index in [1.807, 2.05) is 6.07 Å². The molecule has 2 fully saturated rings. The van der Waals surface area contributed by atoms with Crippen molar-refractivity contribution < 1.29 is 40.8 Å². The first kappa shape index (κ1) is 44.8. The van der Waals surface area contributed by atoms with Gasteiger partial charge in [0, 0.05) is 81.4 Å². The molecule has 338 valence electrons. The van der Waals surface area contributed by atoms with E-state index < -0.39 is 43.7 Å². The minimum absolute atomic E-state index is 0.0162. The van der Waals surface area contributed by atoms with Gasteiger partial charge in [0.1, 0.15) is 28.6 Å². The number of hydrogen-bond acceptors (Lipinski definition) is 11. The summed E-state index contributed by atoms with van der Waals surface area (Å²) in [7, 11) is -4.35. The fraction of sp³-hybridized carbons (Fsp3) is 0.404. The van der Waals surface area contributed by atoms with Crippen molar-refractivity contribution in [2.75, 3.05) is 61.9 Å². The number of carbonyl (C=O) groups excluding carboxylic acids is 1. The van der Waals surface area contributed by atoms with Crippen LogP contribution in [0.2, 0.25) is 0 Å². The molecule has 2 saturated heterocycles. The number of nitro groups is 1. The highest BCUT2D eigenvalue weighted by molar-refractivity contribution is 7.92. The first-order chi connectivity index (χ1) is 30.4. The van der Waals surface area contributed by atoms with E-state index in [2.05, 4.69) is 38.9 Å². The molecule has 5 aromatic rings. The number of alkyl halides is 3. The number of nitro benzene ring substituents is 1. The molecule has 0 radical (unpaired) electrons. The third-order valence-corrected chi connectivity index (χ3v) is 14.1. The van der Waals surface area contributed by atoms with E-state index in [-0.39, 0.29) is 33.4 Å². The molecule has 3 aromatic carbocycles. The van der Waals surface area contributed by atoms with Crippen LogP contribution in [0.15, 0.2) is 89.6 Å². The number of halogens is 3. The third kappa shape index (κ3) is 10.1. The van der Waals surface area contributed by atoms with Crippen LogP contribution >= 0.6 is 0 Å². The number of aromatic amines is 1. The molecule has 0 amide bonds. The molecule has 2 N–H and O–H groups in total. The predicted molar refractivity (Wildman–Crippen MR) is 239 cm³/mol. The van der Waals surface area contributed by atoms with Crippen LogP contribution in [0.4, 0.5) is 30.2 Å². The van der Waals surface area contributed by atoms with E-state index in [0.29, 0.717) is 75.7 Å². The number of aromatic nitrogens is 2. The molecule has 8 rings (SSSR count). The van der Waals surface area contributed by atoms with E-state index in [1.54, 1.807) is 43.5 Å². The number of ether oxygens (including phenoxy) is 2. The van der Waals surface area contributed by atoms with Crippen LogP contribution in [0.3, 0.4) is 0 Å². The number of aryl methyl sites for hydroxylation is 1. The Kier molecular flexibility index (Phi) is 12.6. The Balaban J connectivity index is 1.02. The van der Waals surface area contributed by atoms with E-state index in [4.69, 9.17) is 9.47 Å². The molecule has 13 nitrogen and oxygen atoms in total. The zero-order valence-corrected chi connectivity index (χ0v) is 36.8. The van der Waals surface area contributed by atoms with Crippen molar-refractivity contribution in [3.63, 3.8) is 0 Å². The van der Waals surface area contributed by atoms with Gasteiger partial charge in [-0.1, -0.05) is 25.5 Å². The lowest BCUT2D eigenvalue weighted by atomic mass is 9.72. The summed E-state index contributed by atoms with van der Waals surface area (Å²) in [4.78, 5) is 37.1. The standard InChI is InChI=1S/C47H51F3N6O7S/c1-30-22-33(47(48,49)50)4-7-38(30)40-26-46(2,3)14-10-32(40)28-54-16-18-55(19-17-54)35-5-8-39(44(24-35)63-36-23-31-11-15-51-45(31)52-27-36)43(57)29-64(60,61)37-6-9-41(42(25-37)56(58)59)53-34-12-20-62-21-13-34/h4-9,11,15,22-25,27,34,53H,10,12-14,16-21,26,28-29H2,1-3H3,(H,51,52). The largest absolute Gasteiger partial charge is 0.455 e. The number of rotatable bonds is 13. The highest BCUT2D eigenvalue weighted by Crippen LogP contribution is 2.45. The molecular weight excluding hydrogens is 850 g/mol. The number of ketones is 1. The fourth-order valence-electron chi connectivity index (χ4n) is 8.90. The maximum absolute atomic E-state index is 14.0. The lowest BCUT2D eigenvalue weighted by Crippen LogP contribution is -2.47. The van der Waals surface area contributed by atoms with Crippen molar-refractivity contribution >= 4 is 49.3 Å². The van der Waals surface area contributed by atoms with Gasteiger partial charge in [-0.05, 0) is 110 Å². The second-order valence-corrected chi connectivity index (χ2v) is 19.7. The van der Waals surface area contributed by atoms with Gasteiger partial charge in [-0.3, -0.25) is 19.8 Å². The number of hydrogen-bond donors (Lipinski definition) is 2. The second-order valence-electron chi connectivity index (χ2n) is 17.7. The maximum Gasteiger partial charge on any atom is 0.416 e. The Labute approximate surface area is 369 Å². The molecule has 0 saturated carbocycles. The molecule has 4 heterocycles. The van der Waals surface area contributed by atoms with Gasteiger partial charge in [0.2, 0.25) is 0 Å². The van der Waals surface area contributed by atoms with Crippen LogP contribution in [0.25, 0.3) is 16.6 Å². The van der Waals surface area contributed by atoms with Gasteiger partial charge in [0.25, 0.3) is 5.69 Å². The Morgan fingerprint density at radius 3 is 2.52 bits per heavy atom. The Bertz CT molecular complexity index is 2720. The number of carbonyl (C=O) groups is 1. The van der Waals surface area contributed by atoms with Gasteiger partial charge in [-0.2, -0.15) is 13.2 Å². The predicted octanol–water partition coefficient (Wildman–Crippen LogP) is 9.62. The Morgan fingerprint density at radius 1 is 1.03 bits per heavy atom. The molecule has 0 bridgehead atoms. The molecule has 2 aromatic heterocycles. The summed E-state index contributed by atoms with van der Waals surface area (Å²) >= 11 is 0. The van der Waals surface area contributed by atoms with Gasteiger partial charge >= 0.3 is 6.18 Å². The van der Waals surface area contributed by atoms with E-state index in [9.17, 15) is 36.5 Å². The van der Waals surface area contributed by atoms with Crippen molar-refractivity contribution in [1.82, 2.24) is 14.9 Å². The van der Waals surface area contributed by atoms with Crippen LogP contribution in [0, 0.1) is 22.5 Å². The summed E-state index contributed by atoms with van der Waals surface area (Å²) in [6.45, 7) is 10.5. The topological polar surface area (TPSA) is 160 Å². The molecule has 0 atom stereocenters. The zero-order chi connectivity index (χ0) is 45.4. The van der Waals surface area contributed by atoms with Crippen molar-refractivity contribution in [3.8, 4) is 11.5 Å². The lowest BCUT2D eigenvalue weighted by molar-refractivity contribution is -0.384. The summed E-state index contributed by atoms with van der Waals surface area (Å²) < 4.78 is 79.9. The van der Waals surface area contributed by atoms with E-state index in [1.165, 1.54) is 36.0 Å². The highest BCUT2D eigenvalue weighted by Gasteiger charge is 2.34. The average Bonchev–Trinajstić information content (AvgIpc) is 3.72. The summed E-state index contributed by atoms with van der Waals surface area (Å²) in [6, 6.07) is 16.2. The molecule has 64 heavy (non-hydrogen) atoms. The number of anilines is 2. The lowest BCUT2D eigenvalue weighted by Gasteiger charge is -2.39. The molecular formula is C47H51F3N6O7S. The quantitative estimate of drug-likeness (QED) is 0.0658. The smallest absolute Gasteiger partial charge is 0.416 e. The molecule has 1 aliphatic carbocycles. The monoisotopic (exact) mass is 900 g/mol. The van der Waals surface area contributed by atoms with Gasteiger partial charge in [-0.25, -0.2) is 13.4 Å². The summed E-state index contributed by atoms with van der Waals surface area (Å²) in [5.74, 6) is -1.25. The number of allylic oxidation sites excluding steroid dienone is 1. The minimum atomic E-state index is -4.41. The molecule has 3 aliphatic rings. The summed E-state index contributed by atoms with van der Waals surface area (Å²) in [6.07, 6.45) is 2.74. The first-order valence-electron chi connectivity index (χ1n) is 21.4. The Morgan fingerprint density at radius 2 is 1.80 bits per heavy atom. The summed E-state index contributed by atoms with van der Waals surface area (Å²) in [5.41, 5.74) is 4.42. The van der Waals surface area contributed by atoms with Crippen molar-refractivity contribution in [1.29, 1.82) is 0 Å². The first-order valence-corrected chi connectivity index (χ1v) is 23.1. The SMILES string of the molecule is Cc1cc(C(F)(F)F)ccc1C1=C(CN2CCN(c3ccc(C(=O)CS(=O)(=O)c4ccc(NC5CCOCC5)c([N+](=O)[O-])c4)c(Oc4cnc5[nH]ccc5c4)c3)CC2)CCC(C)(C)C1. The summed E-state index contributed by atoms with van der Waals surface area (Å²) in [5, 5.41) is 16.0. The normalized spacial score (nSPS) is 17.8. The average molecular weight is 901 g/mol. The zero-order valence-electron chi connectivity index (χ0n) is 36.0. The number of piperazine rings is 1. The molecule has 17 heteroatoms. The number of fused-ring (bicyclic) bond motifs is 1. The second kappa shape index (κ2) is 18.0. The van der Waals surface area contributed by atoms with Crippen LogP contribution in [0.5, 0.6) is 11.5 Å². The fourth-order valence-corrected chi connectivity index (χ4v) is 10.1.